The van der Waals surface area contributed by atoms with Crippen molar-refractivity contribution in [1.29, 1.82) is 0 Å². The van der Waals surface area contributed by atoms with Gasteiger partial charge in [-0.1, -0.05) is 33.1 Å². The van der Waals surface area contributed by atoms with Crippen LogP contribution in [0, 0.1) is 5.92 Å². The molecule has 0 aromatic carbocycles. The number of rotatable bonds is 4. The second-order valence-electron chi connectivity index (χ2n) is 5.47. The maximum atomic E-state index is 6.24. The monoisotopic (exact) mass is 234 g/mol. The van der Waals surface area contributed by atoms with Gasteiger partial charge in [-0.15, -0.1) is 0 Å². The molecule has 1 aliphatic carbocycles. The molecule has 1 aliphatic rings. The van der Waals surface area contributed by atoms with Gasteiger partial charge in [0.05, 0.1) is 0 Å². The summed E-state index contributed by atoms with van der Waals surface area (Å²) in [6, 6.07) is 0.274. The van der Waals surface area contributed by atoms with Crippen LogP contribution in [-0.2, 0) is 13.0 Å². The van der Waals surface area contributed by atoms with E-state index in [-0.39, 0.29) is 6.04 Å². The molecule has 0 aliphatic heterocycles. The van der Waals surface area contributed by atoms with E-state index in [0.717, 1.165) is 18.9 Å². The molecule has 0 amide bonds. The van der Waals surface area contributed by atoms with Crippen LogP contribution in [0.3, 0.4) is 0 Å². The molecular weight excluding hydrogens is 208 g/mol. The Kier molecular flexibility index (Phi) is 4.27. The quantitative estimate of drug-likeness (QED) is 0.792. The second kappa shape index (κ2) is 5.72. The van der Waals surface area contributed by atoms with Crippen molar-refractivity contribution >= 4 is 0 Å². The third-order valence-electron chi connectivity index (χ3n) is 4.23. The Balaban J connectivity index is 2.13. The fraction of sp³-hybridized carbons (Fsp3) is 0.733. The fourth-order valence-corrected chi connectivity index (χ4v) is 2.90. The first kappa shape index (κ1) is 12.7. The van der Waals surface area contributed by atoms with Crippen molar-refractivity contribution in [3.8, 4) is 0 Å². The van der Waals surface area contributed by atoms with Gasteiger partial charge in [-0.3, -0.25) is 0 Å². The summed E-state index contributed by atoms with van der Waals surface area (Å²) in [5, 5.41) is 0. The lowest BCUT2D eigenvalue weighted by molar-refractivity contribution is 0.418. The van der Waals surface area contributed by atoms with E-state index in [0.29, 0.717) is 0 Å². The molecule has 1 aromatic heterocycles. The highest BCUT2D eigenvalue weighted by Crippen LogP contribution is 2.28. The molecule has 2 nitrogen and oxygen atoms in total. The highest BCUT2D eigenvalue weighted by Gasteiger charge is 2.17. The molecule has 0 fully saturated rings. The van der Waals surface area contributed by atoms with Crippen LogP contribution in [0.15, 0.2) is 12.4 Å². The molecule has 1 heterocycles. The molecule has 1 atom stereocenters. The number of nitrogens with zero attached hydrogens (tertiary/aromatic N) is 1. The van der Waals surface area contributed by atoms with Crippen molar-refractivity contribution < 1.29 is 0 Å². The van der Waals surface area contributed by atoms with Gasteiger partial charge in [0, 0.05) is 25.0 Å². The van der Waals surface area contributed by atoms with Crippen molar-refractivity contribution in [3.63, 3.8) is 0 Å². The smallest absolute Gasteiger partial charge is 0.0312 e. The van der Waals surface area contributed by atoms with Crippen LogP contribution in [0.1, 0.15) is 63.1 Å². The molecule has 0 spiro atoms. The van der Waals surface area contributed by atoms with Gasteiger partial charge in [0.15, 0.2) is 0 Å². The normalized spacial score (nSPS) is 20.4. The highest BCUT2D eigenvalue weighted by atomic mass is 14.9. The lowest BCUT2D eigenvalue weighted by Crippen LogP contribution is -2.10. The van der Waals surface area contributed by atoms with E-state index < -0.39 is 0 Å². The average Bonchev–Trinajstić information content (AvgIpc) is 2.67. The molecule has 96 valence electrons. The van der Waals surface area contributed by atoms with Crippen LogP contribution in [0.25, 0.3) is 0 Å². The third kappa shape index (κ3) is 2.92. The van der Waals surface area contributed by atoms with E-state index in [1.165, 1.54) is 43.2 Å². The highest BCUT2D eigenvalue weighted by molar-refractivity contribution is 5.28. The Morgan fingerprint density at radius 1 is 1.29 bits per heavy atom. The topological polar surface area (TPSA) is 30.9 Å². The zero-order valence-corrected chi connectivity index (χ0v) is 11.3. The Morgan fingerprint density at radius 3 is 2.76 bits per heavy atom. The Hall–Kier alpha value is -0.760. The summed E-state index contributed by atoms with van der Waals surface area (Å²) in [6.07, 6.45) is 12.2. The zero-order chi connectivity index (χ0) is 12.3. The van der Waals surface area contributed by atoms with Crippen LogP contribution in [0.2, 0.25) is 0 Å². The largest absolute Gasteiger partial charge is 0.353 e. The van der Waals surface area contributed by atoms with Gasteiger partial charge in [0.1, 0.15) is 0 Å². The average molecular weight is 234 g/mol. The maximum Gasteiger partial charge on any atom is 0.0312 e. The zero-order valence-electron chi connectivity index (χ0n) is 11.3. The minimum absolute atomic E-state index is 0.274. The molecule has 2 heteroatoms. The SMILES string of the molecule is CCC(CC)Cn1cc2c(c1)C(N)CCCC2. The van der Waals surface area contributed by atoms with E-state index in [9.17, 15) is 0 Å². The van der Waals surface area contributed by atoms with E-state index >= 15 is 0 Å². The summed E-state index contributed by atoms with van der Waals surface area (Å²) in [7, 11) is 0. The van der Waals surface area contributed by atoms with Gasteiger partial charge < -0.3 is 10.3 Å². The van der Waals surface area contributed by atoms with Crippen molar-refractivity contribution in [1.82, 2.24) is 4.57 Å². The Labute approximate surface area is 105 Å². The van der Waals surface area contributed by atoms with Gasteiger partial charge in [-0.25, -0.2) is 0 Å². The van der Waals surface area contributed by atoms with Crippen molar-refractivity contribution in [2.45, 2.75) is 65.0 Å². The van der Waals surface area contributed by atoms with E-state index in [4.69, 9.17) is 5.73 Å². The van der Waals surface area contributed by atoms with Crippen molar-refractivity contribution in [2.75, 3.05) is 0 Å². The molecule has 0 saturated carbocycles. The molecule has 0 radical (unpaired) electrons. The molecule has 0 bridgehead atoms. The summed E-state index contributed by atoms with van der Waals surface area (Å²) in [4.78, 5) is 0. The minimum Gasteiger partial charge on any atom is -0.353 e. The summed E-state index contributed by atoms with van der Waals surface area (Å²) in [5.74, 6) is 0.808. The number of fused-ring (bicyclic) bond motifs is 1. The fourth-order valence-electron chi connectivity index (χ4n) is 2.90. The summed E-state index contributed by atoms with van der Waals surface area (Å²) in [5.41, 5.74) is 9.15. The third-order valence-corrected chi connectivity index (χ3v) is 4.23. The molecule has 0 saturated heterocycles. The Morgan fingerprint density at radius 2 is 2.06 bits per heavy atom. The first-order valence-corrected chi connectivity index (χ1v) is 7.18. The van der Waals surface area contributed by atoms with Crippen LogP contribution in [0.4, 0.5) is 0 Å². The molecule has 17 heavy (non-hydrogen) atoms. The number of hydrogen-bond donors (Lipinski definition) is 1. The van der Waals surface area contributed by atoms with E-state index in [1.807, 2.05) is 0 Å². The lowest BCUT2D eigenvalue weighted by atomic mass is 10.0. The van der Waals surface area contributed by atoms with Gasteiger partial charge in [0.25, 0.3) is 0 Å². The number of nitrogens with two attached hydrogens (primary N) is 1. The van der Waals surface area contributed by atoms with Crippen LogP contribution in [-0.4, -0.2) is 4.57 Å². The molecular formula is C15H26N2. The number of aromatic nitrogens is 1. The van der Waals surface area contributed by atoms with Gasteiger partial charge >= 0.3 is 0 Å². The summed E-state index contributed by atoms with van der Waals surface area (Å²) < 4.78 is 2.38. The first-order chi connectivity index (χ1) is 8.24. The predicted molar refractivity (Wildman–Crippen MR) is 73.0 cm³/mol. The van der Waals surface area contributed by atoms with Gasteiger partial charge in [0.2, 0.25) is 0 Å². The van der Waals surface area contributed by atoms with Gasteiger partial charge in [-0.2, -0.15) is 0 Å². The van der Waals surface area contributed by atoms with Crippen LogP contribution >= 0.6 is 0 Å². The Bertz CT molecular complexity index is 350. The van der Waals surface area contributed by atoms with Gasteiger partial charge in [-0.05, 0) is 36.3 Å². The standard InChI is InChI=1S/C15H26N2/c1-3-12(4-2)9-17-10-13-7-5-6-8-15(16)14(13)11-17/h10-12,15H,3-9,16H2,1-2H3. The molecule has 2 rings (SSSR count). The summed E-state index contributed by atoms with van der Waals surface area (Å²) >= 11 is 0. The predicted octanol–water partition coefficient (Wildman–Crippen LogP) is 3.65. The number of aryl methyl sites for hydroxylation is 1. The van der Waals surface area contributed by atoms with Crippen LogP contribution in [0.5, 0.6) is 0 Å². The molecule has 1 unspecified atom stereocenters. The lowest BCUT2D eigenvalue weighted by Gasteiger charge is -2.13. The first-order valence-electron chi connectivity index (χ1n) is 7.18. The minimum atomic E-state index is 0.274. The molecule has 1 aromatic rings. The maximum absolute atomic E-state index is 6.24. The van der Waals surface area contributed by atoms with E-state index in [2.05, 4.69) is 30.8 Å². The molecule has 2 N–H and O–H groups in total. The summed E-state index contributed by atoms with van der Waals surface area (Å²) in [6.45, 7) is 5.73. The number of hydrogen-bond acceptors (Lipinski definition) is 1. The van der Waals surface area contributed by atoms with Crippen LogP contribution < -0.4 is 5.73 Å². The van der Waals surface area contributed by atoms with Crippen molar-refractivity contribution in [3.05, 3.63) is 23.5 Å². The second-order valence-corrected chi connectivity index (χ2v) is 5.47. The van der Waals surface area contributed by atoms with Crippen molar-refractivity contribution in [2.24, 2.45) is 11.7 Å². The van der Waals surface area contributed by atoms with E-state index in [1.54, 1.807) is 0 Å².